The molecule has 142 valence electrons. The Morgan fingerprint density at radius 3 is 1.71 bits per heavy atom. The third kappa shape index (κ3) is 5.19. The molecule has 0 spiro atoms. The van der Waals surface area contributed by atoms with Crippen LogP contribution in [0.3, 0.4) is 0 Å². The second-order valence-electron chi connectivity index (χ2n) is 6.27. The van der Waals surface area contributed by atoms with E-state index in [4.69, 9.17) is 9.47 Å². The molecule has 0 heterocycles. The number of esters is 2. The molecule has 4 nitrogen and oxygen atoms in total. The zero-order valence-electron chi connectivity index (χ0n) is 15.4. The zero-order chi connectivity index (χ0) is 19.9. The predicted molar refractivity (Wildman–Crippen MR) is 115 cm³/mol. The molecular formula is C23H19IO4. The normalized spacial score (nSPS) is 10.4. The fourth-order valence-electron chi connectivity index (χ4n) is 2.66. The van der Waals surface area contributed by atoms with Crippen LogP contribution in [0, 0.1) is 10.5 Å². The summed E-state index contributed by atoms with van der Waals surface area (Å²) in [5.74, 6) is -0.830. The highest BCUT2D eigenvalue weighted by Crippen LogP contribution is 2.21. The van der Waals surface area contributed by atoms with Crippen molar-refractivity contribution in [3.05, 3.63) is 104 Å². The van der Waals surface area contributed by atoms with Gasteiger partial charge in [-0.05, 0) is 58.3 Å². The molecule has 5 heteroatoms. The lowest BCUT2D eigenvalue weighted by Gasteiger charge is -2.11. The number of rotatable bonds is 6. The van der Waals surface area contributed by atoms with Crippen LogP contribution in [0.4, 0.5) is 0 Å². The molecule has 0 radical (unpaired) electrons. The van der Waals surface area contributed by atoms with Gasteiger partial charge in [0.1, 0.15) is 13.2 Å². The Labute approximate surface area is 177 Å². The maximum absolute atomic E-state index is 12.4. The van der Waals surface area contributed by atoms with Gasteiger partial charge < -0.3 is 9.47 Å². The standard InChI is InChI=1S/C23H19IO4/c1-16-12-20(23(26)28-15-18-10-6-3-7-11-18)21(24)13-19(16)22(25)27-14-17-8-4-2-5-9-17/h2-13H,14-15H2,1H3. The summed E-state index contributed by atoms with van der Waals surface area (Å²) in [5.41, 5.74) is 3.40. The summed E-state index contributed by atoms with van der Waals surface area (Å²) >= 11 is 2.04. The Bertz CT molecular complexity index is 887. The molecule has 0 aliphatic heterocycles. The minimum atomic E-state index is -0.416. The van der Waals surface area contributed by atoms with Crippen LogP contribution in [0.5, 0.6) is 0 Å². The molecule has 0 atom stereocenters. The molecule has 28 heavy (non-hydrogen) atoms. The van der Waals surface area contributed by atoms with Crippen LogP contribution >= 0.6 is 22.6 Å². The average molecular weight is 486 g/mol. The van der Waals surface area contributed by atoms with Gasteiger partial charge in [-0.25, -0.2) is 9.59 Å². The minimum Gasteiger partial charge on any atom is -0.457 e. The van der Waals surface area contributed by atoms with Crippen LogP contribution < -0.4 is 0 Å². The molecule has 0 saturated heterocycles. The minimum absolute atomic E-state index is 0.204. The number of ether oxygens (including phenoxy) is 2. The number of benzene rings is 3. The third-order valence-corrected chi connectivity index (χ3v) is 5.07. The van der Waals surface area contributed by atoms with Gasteiger partial charge in [0, 0.05) is 3.57 Å². The first-order chi connectivity index (χ1) is 13.5. The van der Waals surface area contributed by atoms with E-state index in [0.717, 1.165) is 11.1 Å². The van der Waals surface area contributed by atoms with E-state index in [1.54, 1.807) is 19.1 Å². The van der Waals surface area contributed by atoms with Gasteiger partial charge in [0.25, 0.3) is 0 Å². The highest BCUT2D eigenvalue weighted by Gasteiger charge is 2.18. The molecule has 0 N–H and O–H groups in total. The maximum atomic E-state index is 12.4. The van der Waals surface area contributed by atoms with Gasteiger partial charge >= 0.3 is 11.9 Å². The summed E-state index contributed by atoms with van der Waals surface area (Å²) in [7, 11) is 0. The van der Waals surface area contributed by atoms with Gasteiger partial charge in [-0.1, -0.05) is 60.7 Å². The molecular weight excluding hydrogens is 467 g/mol. The number of carbonyl (C=O) groups excluding carboxylic acids is 2. The van der Waals surface area contributed by atoms with E-state index in [1.807, 2.05) is 83.3 Å². The van der Waals surface area contributed by atoms with E-state index in [1.165, 1.54) is 0 Å². The van der Waals surface area contributed by atoms with Crippen molar-refractivity contribution in [3.63, 3.8) is 0 Å². The van der Waals surface area contributed by atoms with Crippen LogP contribution in [0.15, 0.2) is 72.8 Å². The van der Waals surface area contributed by atoms with E-state index in [2.05, 4.69) is 0 Å². The molecule has 0 fully saturated rings. The van der Waals surface area contributed by atoms with Gasteiger partial charge in [0.2, 0.25) is 0 Å². The predicted octanol–water partition coefficient (Wildman–Crippen LogP) is 5.31. The second-order valence-corrected chi connectivity index (χ2v) is 7.43. The molecule has 0 aliphatic carbocycles. The van der Waals surface area contributed by atoms with Crippen molar-refractivity contribution in [3.8, 4) is 0 Å². The number of hydrogen-bond acceptors (Lipinski definition) is 4. The van der Waals surface area contributed by atoms with Crippen molar-refractivity contribution >= 4 is 34.5 Å². The van der Waals surface area contributed by atoms with Gasteiger partial charge in [-0.3, -0.25) is 0 Å². The van der Waals surface area contributed by atoms with Crippen LogP contribution in [-0.4, -0.2) is 11.9 Å². The summed E-state index contributed by atoms with van der Waals surface area (Å²) in [5, 5.41) is 0. The summed E-state index contributed by atoms with van der Waals surface area (Å²) in [6, 6.07) is 22.3. The number of halogens is 1. The lowest BCUT2D eigenvalue weighted by atomic mass is 10.1. The Kier molecular flexibility index (Phi) is 6.81. The van der Waals surface area contributed by atoms with Crippen LogP contribution in [0.2, 0.25) is 0 Å². The monoisotopic (exact) mass is 486 g/mol. The molecule has 0 saturated carbocycles. The second kappa shape index (κ2) is 9.50. The molecule has 0 bridgehead atoms. The Balaban J connectivity index is 1.67. The van der Waals surface area contributed by atoms with Crippen LogP contribution in [0.25, 0.3) is 0 Å². The lowest BCUT2D eigenvalue weighted by molar-refractivity contribution is 0.0457. The van der Waals surface area contributed by atoms with Crippen molar-refractivity contribution in [1.82, 2.24) is 0 Å². The molecule has 0 amide bonds. The third-order valence-electron chi connectivity index (χ3n) is 4.18. The lowest BCUT2D eigenvalue weighted by Crippen LogP contribution is -2.12. The van der Waals surface area contributed by atoms with Crippen molar-refractivity contribution in [2.75, 3.05) is 0 Å². The average Bonchev–Trinajstić information content (AvgIpc) is 2.73. The van der Waals surface area contributed by atoms with Gasteiger partial charge in [-0.2, -0.15) is 0 Å². The summed E-state index contributed by atoms with van der Waals surface area (Å²) in [6.07, 6.45) is 0. The number of aryl methyl sites for hydroxylation is 1. The highest BCUT2D eigenvalue weighted by molar-refractivity contribution is 14.1. The first kappa shape index (κ1) is 20.1. The Morgan fingerprint density at radius 2 is 1.21 bits per heavy atom. The van der Waals surface area contributed by atoms with Gasteiger partial charge in [0.05, 0.1) is 11.1 Å². The van der Waals surface area contributed by atoms with E-state index < -0.39 is 11.9 Å². The van der Waals surface area contributed by atoms with Crippen molar-refractivity contribution in [2.24, 2.45) is 0 Å². The first-order valence-corrected chi connectivity index (χ1v) is 9.84. The molecule has 0 aromatic heterocycles. The van der Waals surface area contributed by atoms with Crippen LogP contribution in [-0.2, 0) is 22.7 Å². The first-order valence-electron chi connectivity index (χ1n) is 8.77. The molecule has 0 unspecified atom stereocenters. The zero-order valence-corrected chi connectivity index (χ0v) is 17.5. The maximum Gasteiger partial charge on any atom is 0.339 e. The van der Waals surface area contributed by atoms with Crippen molar-refractivity contribution in [2.45, 2.75) is 20.1 Å². The van der Waals surface area contributed by atoms with E-state index in [9.17, 15) is 9.59 Å². The van der Waals surface area contributed by atoms with Crippen LogP contribution in [0.1, 0.15) is 37.4 Å². The smallest absolute Gasteiger partial charge is 0.339 e. The Hall–Kier alpha value is -2.67. The van der Waals surface area contributed by atoms with Crippen molar-refractivity contribution in [1.29, 1.82) is 0 Å². The topological polar surface area (TPSA) is 52.6 Å². The molecule has 3 aromatic carbocycles. The quantitative estimate of drug-likeness (QED) is 0.350. The number of hydrogen-bond donors (Lipinski definition) is 0. The van der Waals surface area contributed by atoms with Crippen molar-refractivity contribution < 1.29 is 19.1 Å². The number of carbonyl (C=O) groups is 2. The fraction of sp³-hybridized carbons (Fsp3) is 0.130. The highest BCUT2D eigenvalue weighted by atomic mass is 127. The largest absolute Gasteiger partial charge is 0.457 e. The summed E-state index contributed by atoms with van der Waals surface area (Å²) < 4.78 is 11.4. The molecule has 3 aromatic rings. The van der Waals surface area contributed by atoms with E-state index >= 15 is 0 Å². The van der Waals surface area contributed by atoms with Gasteiger partial charge in [0.15, 0.2) is 0 Å². The molecule has 3 rings (SSSR count). The van der Waals surface area contributed by atoms with E-state index in [-0.39, 0.29) is 13.2 Å². The van der Waals surface area contributed by atoms with Gasteiger partial charge in [-0.15, -0.1) is 0 Å². The fourth-order valence-corrected chi connectivity index (χ4v) is 3.35. The summed E-state index contributed by atoms with van der Waals surface area (Å²) in [4.78, 5) is 24.9. The molecule has 0 aliphatic rings. The Morgan fingerprint density at radius 1 is 0.750 bits per heavy atom. The SMILES string of the molecule is Cc1cc(C(=O)OCc2ccccc2)c(I)cc1C(=O)OCc1ccccc1. The summed E-state index contributed by atoms with van der Waals surface area (Å²) in [6.45, 7) is 2.19. The van der Waals surface area contributed by atoms with E-state index in [0.29, 0.717) is 20.3 Å².